The average molecular weight is 377 g/mol. The number of thioether (sulfide) groups is 1. The Morgan fingerprint density at radius 2 is 1.92 bits per heavy atom. The second kappa shape index (κ2) is 8.55. The largest absolute Gasteiger partial charge is 0.492 e. The second-order valence-electron chi connectivity index (χ2n) is 6.93. The van der Waals surface area contributed by atoms with E-state index in [1.165, 1.54) is 30.2 Å². The van der Waals surface area contributed by atoms with Crippen LogP contribution in [0.4, 0.5) is 0 Å². The summed E-state index contributed by atoms with van der Waals surface area (Å²) in [5, 5.41) is 0. The van der Waals surface area contributed by atoms with Crippen molar-refractivity contribution in [3.05, 3.63) is 35.2 Å². The third kappa shape index (κ3) is 4.13. The van der Waals surface area contributed by atoms with E-state index in [-0.39, 0.29) is 0 Å². The van der Waals surface area contributed by atoms with Crippen molar-refractivity contribution in [2.75, 3.05) is 64.1 Å². The molecule has 0 aliphatic carbocycles. The maximum absolute atomic E-state index is 6.28. The summed E-state index contributed by atoms with van der Waals surface area (Å²) < 4.78 is 17.8. The molecule has 26 heavy (non-hydrogen) atoms. The Hall–Kier alpha value is -1.37. The number of nitrogens with zero attached hydrogens (tertiary/aromatic N) is 2. The minimum atomic E-state index is 0.733. The fraction of sp³-hybridized carbons (Fsp3) is 0.600. The standard InChI is InChI=1S/C20H28N2O3S/c1-16-18(24-13-6-21-9-14-26-15-10-21)4-2-17-3-5-19(25-20(16)17)22-7-11-23-12-8-22/h2,4-5H,3,6-15H2,1H3. The molecule has 0 N–H and O–H groups in total. The Labute approximate surface area is 160 Å². The first-order chi connectivity index (χ1) is 12.8. The zero-order chi connectivity index (χ0) is 17.8. The molecule has 1 aromatic carbocycles. The third-order valence-electron chi connectivity index (χ3n) is 5.23. The van der Waals surface area contributed by atoms with E-state index in [2.05, 4.69) is 34.9 Å². The van der Waals surface area contributed by atoms with E-state index in [4.69, 9.17) is 14.2 Å². The van der Waals surface area contributed by atoms with Gasteiger partial charge in [0, 0.05) is 49.8 Å². The number of allylic oxidation sites excluding steroid dienone is 1. The van der Waals surface area contributed by atoms with Crippen LogP contribution in [0.3, 0.4) is 0 Å². The van der Waals surface area contributed by atoms with Gasteiger partial charge in [-0.05, 0) is 31.1 Å². The number of rotatable bonds is 5. The van der Waals surface area contributed by atoms with Crippen LogP contribution in [-0.2, 0) is 11.2 Å². The predicted molar refractivity (Wildman–Crippen MR) is 105 cm³/mol. The topological polar surface area (TPSA) is 34.2 Å². The van der Waals surface area contributed by atoms with Crippen molar-refractivity contribution >= 4 is 11.8 Å². The van der Waals surface area contributed by atoms with Gasteiger partial charge in [-0.3, -0.25) is 4.90 Å². The van der Waals surface area contributed by atoms with Crippen molar-refractivity contribution in [3.8, 4) is 11.5 Å². The lowest BCUT2D eigenvalue weighted by atomic mass is 10.0. The number of morpholine rings is 1. The lowest BCUT2D eigenvalue weighted by Gasteiger charge is -2.33. The van der Waals surface area contributed by atoms with Crippen LogP contribution in [0.25, 0.3) is 0 Å². The summed E-state index contributed by atoms with van der Waals surface area (Å²) in [7, 11) is 0. The second-order valence-corrected chi connectivity index (χ2v) is 8.15. The van der Waals surface area contributed by atoms with E-state index < -0.39 is 0 Å². The molecule has 5 nitrogen and oxygen atoms in total. The lowest BCUT2D eigenvalue weighted by Crippen LogP contribution is -2.38. The van der Waals surface area contributed by atoms with E-state index >= 15 is 0 Å². The Bertz CT molecular complexity index is 653. The highest BCUT2D eigenvalue weighted by molar-refractivity contribution is 7.99. The molecule has 2 saturated heterocycles. The molecule has 0 atom stereocenters. The van der Waals surface area contributed by atoms with Crippen molar-refractivity contribution in [2.24, 2.45) is 0 Å². The molecule has 3 heterocycles. The Kier molecular flexibility index (Phi) is 5.92. The smallest absolute Gasteiger partial charge is 0.192 e. The van der Waals surface area contributed by atoms with Crippen LogP contribution in [0.2, 0.25) is 0 Å². The van der Waals surface area contributed by atoms with Crippen LogP contribution in [-0.4, -0.2) is 73.8 Å². The molecule has 0 spiro atoms. The zero-order valence-corrected chi connectivity index (χ0v) is 16.4. The predicted octanol–water partition coefficient (Wildman–Crippen LogP) is 2.53. The van der Waals surface area contributed by atoms with Gasteiger partial charge in [0.15, 0.2) is 5.88 Å². The lowest BCUT2D eigenvalue weighted by molar-refractivity contribution is 0.0338. The van der Waals surface area contributed by atoms with Gasteiger partial charge in [0.05, 0.1) is 13.2 Å². The summed E-state index contributed by atoms with van der Waals surface area (Å²) >= 11 is 2.04. The molecule has 3 aliphatic rings. The highest BCUT2D eigenvalue weighted by atomic mass is 32.2. The van der Waals surface area contributed by atoms with E-state index in [0.29, 0.717) is 0 Å². The zero-order valence-electron chi connectivity index (χ0n) is 15.5. The molecule has 6 heteroatoms. The molecule has 0 radical (unpaired) electrons. The van der Waals surface area contributed by atoms with Gasteiger partial charge in [0.1, 0.15) is 18.1 Å². The summed E-state index contributed by atoms with van der Waals surface area (Å²) in [4.78, 5) is 4.76. The summed E-state index contributed by atoms with van der Waals surface area (Å²) in [6, 6.07) is 4.24. The minimum absolute atomic E-state index is 0.733. The Balaban J connectivity index is 1.38. The SMILES string of the molecule is Cc1c(OCCN2CCSCC2)ccc2c1OC(N1CCOCC1)=CC2. The van der Waals surface area contributed by atoms with Crippen LogP contribution < -0.4 is 9.47 Å². The van der Waals surface area contributed by atoms with E-state index in [1.54, 1.807) is 0 Å². The molecular weight excluding hydrogens is 348 g/mol. The fourth-order valence-electron chi connectivity index (χ4n) is 3.62. The van der Waals surface area contributed by atoms with Crippen LogP contribution in [0.5, 0.6) is 11.5 Å². The summed E-state index contributed by atoms with van der Waals surface area (Å²) in [5.41, 5.74) is 2.34. The number of hydrogen-bond donors (Lipinski definition) is 0. The monoisotopic (exact) mass is 376 g/mol. The van der Waals surface area contributed by atoms with Crippen molar-refractivity contribution in [3.63, 3.8) is 0 Å². The van der Waals surface area contributed by atoms with Crippen molar-refractivity contribution in [2.45, 2.75) is 13.3 Å². The van der Waals surface area contributed by atoms with Crippen molar-refractivity contribution in [1.29, 1.82) is 0 Å². The molecule has 1 aromatic rings. The van der Waals surface area contributed by atoms with Gasteiger partial charge in [0.2, 0.25) is 0 Å². The maximum Gasteiger partial charge on any atom is 0.192 e. The first kappa shape index (κ1) is 18.0. The molecule has 0 saturated carbocycles. The third-order valence-corrected chi connectivity index (χ3v) is 6.18. The van der Waals surface area contributed by atoms with Crippen molar-refractivity contribution in [1.82, 2.24) is 9.80 Å². The summed E-state index contributed by atoms with van der Waals surface area (Å²) in [5.74, 6) is 5.36. The quantitative estimate of drug-likeness (QED) is 0.786. The van der Waals surface area contributed by atoms with Gasteiger partial charge in [0.25, 0.3) is 0 Å². The number of fused-ring (bicyclic) bond motifs is 1. The van der Waals surface area contributed by atoms with Gasteiger partial charge in [-0.1, -0.05) is 6.07 Å². The molecule has 0 bridgehead atoms. The highest BCUT2D eigenvalue weighted by Gasteiger charge is 2.22. The maximum atomic E-state index is 6.28. The first-order valence-electron chi connectivity index (χ1n) is 9.57. The Morgan fingerprint density at radius 3 is 2.73 bits per heavy atom. The molecule has 142 valence electrons. The molecule has 0 aromatic heterocycles. The first-order valence-corrected chi connectivity index (χ1v) is 10.7. The summed E-state index contributed by atoms with van der Waals surface area (Å²) in [6.07, 6.45) is 3.09. The van der Waals surface area contributed by atoms with Crippen LogP contribution >= 0.6 is 11.8 Å². The van der Waals surface area contributed by atoms with Crippen molar-refractivity contribution < 1.29 is 14.2 Å². The highest BCUT2D eigenvalue weighted by Crippen LogP contribution is 2.36. The van der Waals surface area contributed by atoms with Crippen LogP contribution in [0.1, 0.15) is 11.1 Å². The average Bonchev–Trinajstić information content (AvgIpc) is 2.71. The number of hydrogen-bond acceptors (Lipinski definition) is 6. The Morgan fingerprint density at radius 1 is 1.12 bits per heavy atom. The van der Waals surface area contributed by atoms with E-state index in [1.807, 2.05) is 11.8 Å². The van der Waals surface area contributed by atoms with Gasteiger partial charge in [-0.2, -0.15) is 11.8 Å². The molecule has 3 aliphatic heterocycles. The minimum Gasteiger partial charge on any atom is -0.492 e. The van der Waals surface area contributed by atoms with Crippen LogP contribution in [0.15, 0.2) is 24.1 Å². The molecule has 0 amide bonds. The molecule has 4 rings (SSSR count). The number of benzene rings is 1. The molecule has 0 unspecified atom stereocenters. The molecule has 2 fully saturated rings. The van der Waals surface area contributed by atoms with E-state index in [9.17, 15) is 0 Å². The van der Waals surface area contributed by atoms with Gasteiger partial charge >= 0.3 is 0 Å². The van der Waals surface area contributed by atoms with E-state index in [0.717, 1.165) is 68.8 Å². The van der Waals surface area contributed by atoms with Gasteiger partial charge < -0.3 is 19.1 Å². The van der Waals surface area contributed by atoms with Crippen LogP contribution in [0, 0.1) is 6.92 Å². The fourth-order valence-corrected chi connectivity index (χ4v) is 4.60. The van der Waals surface area contributed by atoms with Gasteiger partial charge in [-0.25, -0.2) is 0 Å². The van der Waals surface area contributed by atoms with Gasteiger partial charge in [-0.15, -0.1) is 0 Å². The number of ether oxygens (including phenoxy) is 3. The molecular formula is C20H28N2O3S. The summed E-state index contributed by atoms with van der Waals surface area (Å²) in [6.45, 7) is 9.51. The normalized spacial score (nSPS) is 21.0.